The van der Waals surface area contributed by atoms with Gasteiger partial charge in [-0.1, -0.05) is 46.2 Å². The number of hydrogen-bond donors (Lipinski definition) is 1. The van der Waals surface area contributed by atoms with Crippen LogP contribution in [0.1, 0.15) is 71.3 Å². The highest BCUT2D eigenvalue weighted by Gasteiger charge is 2.25. The second-order valence-electron chi connectivity index (χ2n) is 7.57. The number of carbonyl (C=O) groups excluding carboxylic acids is 1. The van der Waals surface area contributed by atoms with Crippen LogP contribution in [0.5, 0.6) is 5.75 Å². The molecular formula is C21H34O4. The van der Waals surface area contributed by atoms with Crippen LogP contribution < -0.4 is 4.74 Å². The number of unbranched alkanes of at least 4 members (excludes halogenated alkanes) is 2. The zero-order valence-corrected chi connectivity index (χ0v) is 16.2. The van der Waals surface area contributed by atoms with Gasteiger partial charge in [-0.2, -0.15) is 0 Å². The summed E-state index contributed by atoms with van der Waals surface area (Å²) >= 11 is 0. The lowest BCUT2D eigenvalue weighted by Gasteiger charge is -2.31. The number of ether oxygens (including phenoxy) is 2. The van der Waals surface area contributed by atoms with Gasteiger partial charge in [0.25, 0.3) is 0 Å². The van der Waals surface area contributed by atoms with Crippen LogP contribution >= 0.6 is 0 Å². The van der Waals surface area contributed by atoms with Crippen LogP contribution in [-0.2, 0) is 9.53 Å². The van der Waals surface area contributed by atoms with Gasteiger partial charge in [0.1, 0.15) is 5.75 Å². The van der Waals surface area contributed by atoms with Crippen LogP contribution in [0.15, 0.2) is 24.3 Å². The fourth-order valence-corrected chi connectivity index (χ4v) is 2.95. The minimum Gasteiger partial charge on any atom is -0.482 e. The van der Waals surface area contributed by atoms with Gasteiger partial charge in [0.2, 0.25) is 0 Å². The van der Waals surface area contributed by atoms with Gasteiger partial charge in [0, 0.05) is 6.61 Å². The van der Waals surface area contributed by atoms with Gasteiger partial charge in [-0.3, -0.25) is 0 Å². The molecule has 1 atom stereocenters. The Labute approximate surface area is 152 Å². The van der Waals surface area contributed by atoms with E-state index in [9.17, 15) is 4.79 Å². The average molecular weight is 350 g/mol. The maximum absolute atomic E-state index is 11.6. The lowest BCUT2D eigenvalue weighted by molar-refractivity contribution is -0.146. The van der Waals surface area contributed by atoms with Crippen molar-refractivity contribution in [3.63, 3.8) is 0 Å². The van der Waals surface area contributed by atoms with E-state index in [-0.39, 0.29) is 24.6 Å². The van der Waals surface area contributed by atoms with Gasteiger partial charge in [-0.15, -0.1) is 0 Å². The molecule has 0 amide bonds. The highest BCUT2D eigenvalue weighted by molar-refractivity contribution is 5.71. The molecule has 1 rings (SSSR count). The van der Waals surface area contributed by atoms with E-state index in [1.165, 1.54) is 5.56 Å². The lowest BCUT2D eigenvalue weighted by Crippen LogP contribution is -2.18. The molecule has 0 radical (unpaired) electrons. The van der Waals surface area contributed by atoms with Crippen molar-refractivity contribution in [3.8, 4) is 5.75 Å². The molecule has 0 bridgehead atoms. The van der Waals surface area contributed by atoms with E-state index in [1.807, 2.05) is 12.1 Å². The summed E-state index contributed by atoms with van der Waals surface area (Å²) in [5, 5.41) is 8.69. The fraction of sp³-hybridized carbons (Fsp3) is 0.667. The Morgan fingerprint density at radius 3 is 2.36 bits per heavy atom. The Bertz CT molecular complexity index is 488. The van der Waals surface area contributed by atoms with Crippen LogP contribution in [0.4, 0.5) is 0 Å². The highest BCUT2D eigenvalue weighted by atomic mass is 16.6. The number of carbonyl (C=O) groups is 1. The van der Waals surface area contributed by atoms with E-state index in [4.69, 9.17) is 14.6 Å². The van der Waals surface area contributed by atoms with Crippen molar-refractivity contribution in [2.45, 2.75) is 65.7 Å². The Kier molecular flexibility index (Phi) is 9.58. The van der Waals surface area contributed by atoms with Crippen LogP contribution in [0, 0.1) is 5.41 Å². The number of aliphatic hydroxyl groups excluding tert-OH is 1. The zero-order chi connectivity index (χ0) is 18.7. The molecule has 1 aromatic rings. The first kappa shape index (κ1) is 21.5. The first-order valence-electron chi connectivity index (χ1n) is 9.37. The predicted molar refractivity (Wildman–Crippen MR) is 101 cm³/mol. The van der Waals surface area contributed by atoms with E-state index < -0.39 is 0 Å². The summed E-state index contributed by atoms with van der Waals surface area (Å²) in [4.78, 5) is 11.6. The Hall–Kier alpha value is -1.55. The van der Waals surface area contributed by atoms with Crippen molar-refractivity contribution < 1.29 is 19.4 Å². The Balaban J connectivity index is 2.44. The number of benzene rings is 1. The lowest BCUT2D eigenvalue weighted by atomic mass is 9.74. The van der Waals surface area contributed by atoms with Crippen LogP contribution in [-0.4, -0.2) is 30.9 Å². The van der Waals surface area contributed by atoms with E-state index in [1.54, 1.807) is 0 Å². The third-order valence-corrected chi connectivity index (χ3v) is 4.33. The third kappa shape index (κ3) is 8.39. The number of hydrogen-bond acceptors (Lipinski definition) is 4. The van der Waals surface area contributed by atoms with Gasteiger partial charge in [-0.25, -0.2) is 4.79 Å². The maximum Gasteiger partial charge on any atom is 0.344 e. The monoisotopic (exact) mass is 350 g/mol. The number of aliphatic hydroxyl groups is 1. The second kappa shape index (κ2) is 11.1. The molecule has 25 heavy (non-hydrogen) atoms. The summed E-state index contributed by atoms with van der Waals surface area (Å²) in [6.07, 6.45) is 4.69. The average Bonchev–Trinajstić information content (AvgIpc) is 2.57. The maximum atomic E-state index is 11.6. The smallest absolute Gasteiger partial charge is 0.344 e. The van der Waals surface area contributed by atoms with E-state index in [0.29, 0.717) is 18.3 Å². The Morgan fingerprint density at radius 2 is 1.80 bits per heavy atom. The molecule has 0 aliphatic rings. The van der Waals surface area contributed by atoms with Gasteiger partial charge in [0.15, 0.2) is 6.61 Å². The molecule has 0 fully saturated rings. The second-order valence-corrected chi connectivity index (χ2v) is 7.57. The normalized spacial score (nSPS) is 12.7. The van der Waals surface area contributed by atoms with Gasteiger partial charge in [0.05, 0.1) is 6.61 Å². The molecular weight excluding hydrogens is 316 g/mol. The van der Waals surface area contributed by atoms with Crippen molar-refractivity contribution in [3.05, 3.63) is 29.8 Å². The van der Waals surface area contributed by atoms with Gasteiger partial charge in [-0.05, 0) is 54.7 Å². The molecule has 0 saturated heterocycles. The van der Waals surface area contributed by atoms with Crippen molar-refractivity contribution in [2.24, 2.45) is 5.41 Å². The van der Waals surface area contributed by atoms with Crippen molar-refractivity contribution in [2.75, 3.05) is 19.8 Å². The SMILES string of the molecule is CCCC(c1ccc(OCC(=O)OCCCCCO)cc1)C(C)(C)C. The summed E-state index contributed by atoms with van der Waals surface area (Å²) in [6.45, 7) is 9.52. The van der Waals surface area contributed by atoms with Gasteiger partial charge < -0.3 is 14.6 Å². The molecule has 0 spiro atoms. The molecule has 1 unspecified atom stereocenters. The van der Waals surface area contributed by atoms with Gasteiger partial charge >= 0.3 is 5.97 Å². The predicted octanol–water partition coefficient (Wildman–Crippen LogP) is 4.70. The zero-order valence-electron chi connectivity index (χ0n) is 16.2. The third-order valence-electron chi connectivity index (χ3n) is 4.33. The summed E-state index contributed by atoms with van der Waals surface area (Å²) in [5.41, 5.74) is 1.53. The summed E-state index contributed by atoms with van der Waals surface area (Å²) in [5.74, 6) is 0.840. The molecule has 0 heterocycles. The van der Waals surface area contributed by atoms with Crippen LogP contribution in [0.3, 0.4) is 0 Å². The van der Waals surface area contributed by atoms with Crippen molar-refractivity contribution in [1.29, 1.82) is 0 Å². The van der Waals surface area contributed by atoms with Crippen molar-refractivity contribution in [1.82, 2.24) is 0 Å². The molecule has 4 nitrogen and oxygen atoms in total. The molecule has 0 aromatic heterocycles. The molecule has 0 saturated carbocycles. The largest absolute Gasteiger partial charge is 0.482 e. The minimum atomic E-state index is -0.355. The quantitative estimate of drug-likeness (QED) is 0.464. The van der Waals surface area contributed by atoms with Crippen LogP contribution in [0.2, 0.25) is 0 Å². The number of esters is 1. The molecule has 1 N–H and O–H groups in total. The summed E-state index contributed by atoms with van der Waals surface area (Å²) in [7, 11) is 0. The van der Waals surface area contributed by atoms with E-state index in [2.05, 4.69) is 39.8 Å². The summed E-state index contributed by atoms with van der Waals surface area (Å²) < 4.78 is 10.6. The van der Waals surface area contributed by atoms with Crippen molar-refractivity contribution >= 4 is 5.97 Å². The van der Waals surface area contributed by atoms with Crippen LogP contribution in [0.25, 0.3) is 0 Å². The summed E-state index contributed by atoms with van der Waals surface area (Å²) in [6, 6.07) is 8.05. The molecule has 0 aliphatic carbocycles. The molecule has 4 heteroatoms. The fourth-order valence-electron chi connectivity index (χ4n) is 2.95. The molecule has 0 aliphatic heterocycles. The van der Waals surface area contributed by atoms with E-state index in [0.717, 1.165) is 32.1 Å². The Morgan fingerprint density at radius 1 is 1.12 bits per heavy atom. The highest BCUT2D eigenvalue weighted by Crippen LogP contribution is 2.38. The number of rotatable bonds is 11. The molecule has 142 valence electrons. The first-order valence-corrected chi connectivity index (χ1v) is 9.37. The van der Waals surface area contributed by atoms with E-state index >= 15 is 0 Å². The standard InChI is InChI=1S/C21H34O4/c1-5-9-19(21(2,3)4)17-10-12-18(13-11-17)25-16-20(23)24-15-8-6-7-14-22/h10-13,19,22H,5-9,14-16H2,1-4H3. The minimum absolute atomic E-state index is 0.0724. The molecule has 1 aromatic carbocycles. The first-order chi connectivity index (χ1) is 11.9. The topological polar surface area (TPSA) is 55.8 Å².